The molecular weight excluding hydrogens is 487 g/mol. The van der Waals surface area contributed by atoms with E-state index in [-0.39, 0.29) is 11.8 Å². The van der Waals surface area contributed by atoms with Crippen LogP contribution in [0.5, 0.6) is 6.08 Å². The molecule has 37 heavy (non-hydrogen) atoms. The van der Waals surface area contributed by atoms with Crippen molar-refractivity contribution in [2.45, 2.75) is 44.4 Å². The van der Waals surface area contributed by atoms with Crippen LogP contribution < -0.4 is 19.9 Å². The van der Waals surface area contributed by atoms with Crippen LogP contribution in [0.1, 0.15) is 48.4 Å². The number of aromatic nitrogens is 2. The first kappa shape index (κ1) is 24.9. The molecule has 1 amide bonds. The van der Waals surface area contributed by atoms with E-state index in [2.05, 4.69) is 37.2 Å². The van der Waals surface area contributed by atoms with Crippen molar-refractivity contribution in [2.75, 3.05) is 41.3 Å². The summed E-state index contributed by atoms with van der Waals surface area (Å²) in [7, 11) is 0. The molecule has 3 heterocycles. The molecule has 2 fully saturated rings. The van der Waals surface area contributed by atoms with Gasteiger partial charge in [-0.05, 0) is 49.9 Å². The van der Waals surface area contributed by atoms with Crippen molar-refractivity contribution in [3.05, 3.63) is 60.1 Å². The average Bonchev–Trinajstić information content (AvgIpc) is 3.35. The summed E-state index contributed by atoms with van der Waals surface area (Å²) >= 11 is 0. The number of piperazine rings is 1. The van der Waals surface area contributed by atoms with Crippen LogP contribution in [-0.2, 0) is 6.18 Å². The van der Waals surface area contributed by atoms with Gasteiger partial charge in [0.1, 0.15) is 11.9 Å². The zero-order chi connectivity index (χ0) is 25.8. The second-order valence-electron chi connectivity index (χ2n) is 9.20. The number of nitrogens with zero attached hydrogens (tertiary/aromatic N) is 4. The van der Waals surface area contributed by atoms with Crippen molar-refractivity contribution in [2.24, 2.45) is 0 Å². The van der Waals surface area contributed by atoms with Gasteiger partial charge in [0.2, 0.25) is 5.76 Å². The third-order valence-electron chi connectivity index (χ3n) is 6.63. The maximum Gasteiger partial charge on any atom is 0.437 e. The van der Waals surface area contributed by atoms with Gasteiger partial charge in [-0.2, -0.15) is 18.2 Å². The van der Waals surface area contributed by atoms with Gasteiger partial charge in [0.15, 0.2) is 5.69 Å². The van der Waals surface area contributed by atoms with Gasteiger partial charge >= 0.3 is 12.3 Å². The minimum atomic E-state index is -4.87. The predicted molar refractivity (Wildman–Crippen MR) is 132 cm³/mol. The lowest BCUT2D eigenvalue weighted by molar-refractivity contribution is -0.141. The molecule has 1 saturated carbocycles. The number of carbonyl (C=O) groups excluding carboxylic acids is 1. The van der Waals surface area contributed by atoms with Crippen LogP contribution in [-0.4, -0.2) is 48.2 Å². The Hall–Kier alpha value is -3.76. The Morgan fingerprint density at radius 3 is 2.32 bits per heavy atom. The quantitative estimate of drug-likeness (QED) is 0.472. The van der Waals surface area contributed by atoms with Gasteiger partial charge in [0, 0.05) is 31.9 Å². The number of oxazole rings is 1. The molecule has 1 N–H and O–H groups in total. The van der Waals surface area contributed by atoms with E-state index in [0.717, 1.165) is 51.3 Å². The molecule has 8 nitrogen and oxygen atoms in total. The number of hydrogen-bond acceptors (Lipinski definition) is 7. The number of rotatable bonds is 6. The highest BCUT2D eigenvalue weighted by Gasteiger charge is 2.42. The Morgan fingerprint density at radius 2 is 1.68 bits per heavy atom. The zero-order valence-corrected chi connectivity index (χ0v) is 20.2. The highest BCUT2D eigenvalue weighted by Crippen LogP contribution is 2.35. The van der Waals surface area contributed by atoms with E-state index >= 15 is 0 Å². The van der Waals surface area contributed by atoms with Gasteiger partial charge in [0.25, 0.3) is 5.91 Å². The molecule has 1 aromatic carbocycles. The first-order valence-corrected chi connectivity index (χ1v) is 12.4. The normalized spacial score (nSPS) is 17.1. The number of benzene rings is 1. The molecule has 1 aliphatic carbocycles. The molecule has 1 aliphatic heterocycles. The van der Waals surface area contributed by atoms with Gasteiger partial charge in [-0.3, -0.25) is 4.79 Å². The summed E-state index contributed by atoms with van der Waals surface area (Å²) in [5, 5.41) is 2.43. The van der Waals surface area contributed by atoms with Gasteiger partial charge in [0.05, 0.1) is 11.9 Å². The highest BCUT2D eigenvalue weighted by molar-refractivity contribution is 6.03. The number of pyridine rings is 1. The molecule has 11 heteroatoms. The molecule has 0 radical (unpaired) electrons. The standard InChI is InChI=1S/C26H28F3N5O3/c27-26(28,29)23-22(37-25(32-23)36-20-9-5-2-6-10-20)24(35)31-18-11-12-21(30-17-18)34-15-13-33(14-16-34)19-7-3-1-4-8-19/h1,3-4,7-8,11-12,17,20H,2,5-6,9-10,13-16H2,(H,31,35). The fourth-order valence-corrected chi connectivity index (χ4v) is 4.69. The number of ether oxygens (including phenoxy) is 1. The minimum Gasteiger partial charge on any atom is -0.447 e. The average molecular weight is 516 g/mol. The molecule has 0 spiro atoms. The van der Waals surface area contributed by atoms with Crippen molar-refractivity contribution >= 4 is 23.1 Å². The number of para-hydroxylation sites is 1. The van der Waals surface area contributed by atoms with Crippen molar-refractivity contribution in [3.8, 4) is 6.08 Å². The van der Waals surface area contributed by atoms with E-state index < -0.39 is 29.6 Å². The number of nitrogens with one attached hydrogen (secondary N) is 1. The maximum atomic E-state index is 13.6. The molecule has 0 atom stereocenters. The van der Waals surface area contributed by atoms with E-state index in [1.165, 1.54) is 11.9 Å². The Balaban J connectivity index is 1.22. The lowest BCUT2D eigenvalue weighted by Gasteiger charge is -2.36. The molecule has 2 aromatic heterocycles. The minimum absolute atomic E-state index is 0.246. The Kier molecular flexibility index (Phi) is 7.20. The highest BCUT2D eigenvalue weighted by atomic mass is 19.4. The largest absolute Gasteiger partial charge is 0.447 e. The van der Waals surface area contributed by atoms with Crippen molar-refractivity contribution in [1.29, 1.82) is 0 Å². The fourth-order valence-electron chi connectivity index (χ4n) is 4.69. The smallest absolute Gasteiger partial charge is 0.437 e. The number of anilines is 3. The number of halogens is 3. The first-order chi connectivity index (χ1) is 17.9. The first-order valence-electron chi connectivity index (χ1n) is 12.4. The third-order valence-corrected chi connectivity index (χ3v) is 6.63. The molecule has 2 aliphatic rings. The molecule has 3 aromatic rings. The lowest BCUT2D eigenvalue weighted by atomic mass is 9.98. The van der Waals surface area contributed by atoms with Crippen LogP contribution in [0.15, 0.2) is 53.1 Å². The summed E-state index contributed by atoms with van der Waals surface area (Å²) in [6, 6.07) is 13.5. The number of hydrogen-bond donors (Lipinski definition) is 1. The van der Waals surface area contributed by atoms with E-state index in [9.17, 15) is 18.0 Å². The number of alkyl halides is 3. The Bertz CT molecular complexity index is 1190. The molecule has 196 valence electrons. The summed E-state index contributed by atoms with van der Waals surface area (Å²) in [6.45, 7) is 3.21. The number of amides is 1. The van der Waals surface area contributed by atoms with E-state index in [1.807, 2.05) is 18.2 Å². The Morgan fingerprint density at radius 1 is 0.973 bits per heavy atom. The second kappa shape index (κ2) is 10.7. The molecule has 5 rings (SSSR count). The summed E-state index contributed by atoms with van der Waals surface area (Å²) in [6.07, 6.45) is 0.0864. The third kappa shape index (κ3) is 5.98. The molecular formula is C26H28F3N5O3. The summed E-state index contributed by atoms with van der Waals surface area (Å²) in [5.41, 5.74) is 0.0127. The lowest BCUT2D eigenvalue weighted by Crippen LogP contribution is -2.46. The van der Waals surface area contributed by atoms with Crippen LogP contribution >= 0.6 is 0 Å². The molecule has 1 saturated heterocycles. The van der Waals surface area contributed by atoms with Crippen LogP contribution in [0.4, 0.5) is 30.4 Å². The summed E-state index contributed by atoms with van der Waals surface area (Å²) in [4.78, 5) is 25.0. The van der Waals surface area contributed by atoms with E-state index in [0.29, 0.717) is 12.8 Å². The fraction of sp³-hybridized carbons (Fsp3) is 0.423. The second-order valence-corrected chi connectivity index (χ2v) is 9.20. The van der Waals surface area contributed by atoms with Gasteiger partial charge in [-0.1, -0.05) is 24.6 Å². The van der Waals surface area contributed by atoms with Crippen LogP contribution in [0.25, 0.3) is 0 Å². The predicted octanol–water partition coefficient (Wildman–Crippen LogP) is 5.38. The van der Waals surface area contributed by atoms with Gasteiger partial charge in [-0.25, -0.2) is 4.98 Å². The van der Waals surface area contributed by atoms with E-state index in [1.54, 1.807) is 12.1 Å². The Labute approximate surface area is 212 Å². The topological polar surface area (TPSA) is 83.7 Å². The van der Waals surface area contributed by atoms with Crippen LogP contribution in [0.3, 0.4) is 0 Å². The number of carbonyl (C=O) groups is 1. The molecule has 0 bridgehead atoms. The van der Waals surface area contributed by atoms with Gasteiger partial charge in [-0.15, -0.1) is 0 Å². The summed E-state index contributed by atoms with van der Waals surface area (Å²) < 4.78 is 51.3. The molecule has 0 unspecified atom stereocenters. The SMILES string of the molecule is O=C(Nc1ccc(N2CCN(c3ccccc3)CC2)nc1)c1oc(OC2CCCCC2)nc1C(F)(F)F. The summed E-state index contributed by atoms with van der Waals surface area (Å²) in [5.74, 6) is -1.27. The monoisotopic (exact) mass is 515 g/mol. The van der Waals surface area contributed by atoms with Crippen molar-refractivity contribution in [1.82, 2.24) is 9.97 Å². The van der Waals surface area contributed by atoms with E-state index in [4.69, 9.17) is 9.15 Å². The van der Waals surface area contributed by atoms with Gasteiger partial charge < -0.3 is 24.3 Å². The van der Waals surface area contributed by atoms with Crippen LogP contribution in [0.2, 0.25) is 0 Å². The zero-order valence-electron chi connectivity index (χ0n) is 20.2. The van der Waals surface area contributed by atoms with Crippen molar-refractivity contribution in [3.63, 3.8) is 0 Å². The maximum absolute atomic E-state index is 13.6. The van der Waals surface area contributed by atoms with Crippen LogP contribution in [0, 0.1) is 0 Å². The van der Waals surface area contributed by atoms with Crippen molar-refractivity contribution < 1.29 is 27.1 Å².